The van der Waals surface area contributed by atoms with Crippen molar-refractivity contribution in [2.24, 2.45) is 10.9 Å². The van der Waals surface area contributed by atoms with Crippen LogP contribution in [0.2, 0.25) is 0 Å². The van der Waals surface area contributed by atoms with Gasteiger partial charge in [-0.3, -0.25) is 4.90 Å². The molecule has 0 unspecified atom stereocenters. The first-order valence-electron chi connectivity index (χ1n) is 7.05. The molecule has 3 N–H and O–H groups in total. The van der Waals surface area contributed by atoms with Crippen molar-refractivity contribution >= 4 is 5.84 Å². The number of nitrogens with two attached hydrogens (primary N) is 1. The second-order valence-corrected chi connectivity index (χ2v) is 4.96. The summed E-state index contributed by atoms with van der Waals surface area (Å²) in [6.07, 6.45) is 5.85. The monoisotopic (exact) mass is 273 g/mol. The van der Waals surface area contributed by atoms with Crippen molar-refractivity contribution in [3.05, 3.63) is 0 Å². The summed E-state index contributed by atoms with van der Waals surface area (Å²) < 4.78 is 10.5. The van der Waals surface area contributed by atoms with E-state index in [1.54, 1.807) is 7.11 Å². The number of hydrogen-bond acceptors (Lipinski definition) is 5. The van der Waals surface area contributed by atoms with E-state index in [1.807, 2.05) is 0 Å². The van der Waals surface area contributed by atoms with Crippen molar-refractivity contribution in [2.75, 3.05) is 40.0 Å². The Labute approximate surface area is 115 Å². The highest BCUT2D eigenvalue weighted by molar-refractivity contribution is 5.81. The molecule has 1 rings (SSSR count). The van der Waals surface area contributed by atoms with E-state index in [0.717, 1.165) is 26.2 Å². The number of ether oxygens (including phenoxy) is 2. The molecule has 1 aliphatic carbocycles. The fraction of sp³-hybridized carbons (Fsp3) is 0.923. The van der Waals surface area contributed by atoms with Crippen LogP contribution in [0.1, 0.15) is 32.1 Å². The maximum atomic E-state index is 8.69. The number of hydrogen-bond donors (Lipinski definition) is 2. The molecule has 0 heterocycles. The van der Waals surface area contributed by atoms with E-state index in [4.69, 9.17) is 20.4 Å². The maximum Gasteiger partial charge on any atom is 0.153 e. The van der Waals surface area contributed by atoms with Gasteiger partial charge in [-0.2, -0.15) is 0 Å². The largest absolute Gasteiger partial charge is 0.409 e. The van der Waals surface area contributed by atoms with Crippen molar-refractivity contribution in [1.29, 1.82) is 0 Å². The lowest BCUT2D eigenvalue weighted by Gasteiger charge is -2.28. The molecular weight excluding hydrogens is 246 g/mol. The first-order valence-corrected chi connectivity index (χ1v) is 7.05. The quantitative estimate of drug-likeness (QED) is 0.204. The smallest absolute Gasteiger partial charge is 0.153 e. The van der Waals surface area contributed by atoms with Crippen LogP contribution in [-0.4, -0.2) is 62.0 Å². The minimum absolute atomic E-state index is 0.270. The molecule has 1 saturated carbocycles. The fourth-order valence-corrected chi connectivity index (χ4v) is 2.49. The average molecular weight is 273 g/mol. The van der Waals surface area contributed by atoms with Crippen LogP contribution in [-0.2, 0) is 9.47 Å². The summed E-state index contributed by atoms with van der Waals surface area (Å²) in [6, 6.07) is 0.544. The Balaban J connectivity index is 2.24. The van der Waals surface area contributed by atoms with Gasteiger partial charge in [0.05, 0.1) is 13.2 Å². The number of nitrogens with zero attached hydrogens (tertiary/aromatic N) is 2. The van der Waals surface area contributed by atoms with Gasteiger partial charge in [-0.15, -0.1) is 0 Å². The Morgan fingerprint density at radius 1 is 1.32 bits per heavy atom. The molecule has 0 aromatic rings. The third-order valence-corrected chi connectivity index (χ3v) is 3.49. The van der Waals surface area contributed by atoms with Gasteiger partial charge in [-0.1, -0.05) is 18.0 Å². The molecule has 0 amide bonds. The minimum atomic E-state index is 0.270. The molecule has 0 radical (unpaired) electrons. The van der Waals surface area contributed by atoms with E-state index in [1.165, 1.54) is 25.7 Å². The van der Waals surface area contributed by atoms with E-state index < -0.39 is 0 Å². The molecule has 6 heteroatoms. The van der Waals surface area contributed by atoms with Gasteiger partial charge in [0.15, 0.2) is 5.84 Å². The molecule has 112 valence electrons. The van der Waals surface area contributed by atoms with Gasteiger partial charge in [0.25, 0.3) is 0 Å². The van der Waals surface area contributed by atoms with E-state index >= 15 is 0 Å². The average Bonchev–Trinajstić information content (AvgIpc) is 2.95. The van der Waals surface area contributed by atoms with E-state index in [9.17, 15) is 0 Å². The standard InChI is InChI=1S/C13H27N3O3/c1-18-8-4-9-19-10-7-16(11-13(14)15-17)12-5-2-3-6-12/h12,17H,2-11H2,1H3,(H2,14,15). The summed E-state index contributed by atoms with van der Waals surface area (Å²) in [6.45, 7) is 3.47. The van der Waals surface area contributed by atoms with Crippen LogP contribution in [0.4, 0.5) is 0 Å². The van der Waals surface area contributed by atoms with Gasteiger partial charge in [0, 0.05) is 32.9 Å². The Morgan fingerprint density at radius 3 is 2.68 bits per heavy atom. The predicted molar refractivity (Wildman–Crippen MR) is 74.5 cm³/mol. The highest BCUT2D eigenvalue weighted by Crippen LogP contribution is 2.23. The predicted octanol–water partition coefficient (Wildman–Crippen LogP) is 1.03. The van der Waals surface area contributed by atoms with Gasteiger partial charge >= 0.3 is 0 Å². The second kappa shape index (κ2) is 10.00. The summed E-state index contributed by atoms with van der Waals surface area (Å²) in [5, 5.41) is 11.8. The lowest BCUT2D eigenvalue weighted by atomic mass is 10.2. The highest BCUT2D eigenvalue weighted by Gasteiger charge is 2.22. The van der Waals surface area contributed by atoms with Crippen LogP contribution in [0.5, 0.6) is 0 Å². The zero-order valence-corrected chi connectivity index (χ0v) is 11.9. The molecule has 0 aliphatic heterocycles. The van der Waals surface area contributed by atoms with E-state index in [0.29, 0.717) is 19.2 Å². The Hall–Kier alpha value is -0.850. The number of oxime groups is 1. The van der Waals surface area contributed by atoms with Gasteiger partial charge in [0.1, 0.15) is 0 Å². The third kappa shape index (κ3) is 6.75. The van der Waals surface area contributed by atoms with Crippen molar-refractivity contribution in [1.82, 2.24) is 4.90 Å². The highest BCUT2D eigenvalue weighted by atomic mass is 16.5. The minimum Gasteiger partial charge on any atom is -0.409 e. The molecule has 19 heavy (non-hydrogen) atoms. The first-order chi connectivity index (χ1) is 9.27. The van der Waals surface area contributed by atoms with E-state index in [2.05, 4.69) is 10.1 Å². The topological polar surface area (TPSA) is 80.3 Å². The lowest BCUT2D eigenvalue weighted by Crippen LogP contribution is -2.42. The molecule has 0 saturated heterocycles. The van der Waals surface area contributed by atoms with Crippen molar-refractivity contribution < 1.29 is 14.7 Å². The summed E-state index contributed by atoms with van der Waals surface area (Å²) in [4.78, 5) is 2.26. The third-order valence-electron chi connectivity index (χ3n) is 3.49. The molecule has 1 aliphatic rings. The van der Waals surface area contributed by atoms with Gasteiger partial charge in [0.2, 0.25) is 0 Å². The van der Waals surface area contributed by atoms with Gasteiger partial charge < -0.3 is 20.4 Å². The van der Waals surface area contributed by atoms with Crippen LogP contribution in [0.3, 0.4) is 0 Å². The van der Waals surface area contributed by atoms with E-state index in [-0.39, 0.29) is 5.84 Å². The van der Waals surface area contributed by atoms with Gasteiger partial charge in [-0.05, 0) is 19.3 Å². The number of rotatable bonds is 10. The van der Waals surface area contributed by atoms with Crippen LogP contribution in [0, 0.1) is 0 Å². The Kier molecular flexibility index (Phi) is 8.53. The number of amidine groups is 1. The summed E-state index contributed by atoms with van der Waals surface area (Å²) in [5.41, 5.74) is 5.61. The normalized spacial score (nSPS) is 17.5. The van der Waals surface area contributed by atoms with Crippen molar-refractivity contribution in [3.8, 4) is 0 Å². The zero-order valence-electron chi connectivity index (χ0n) is 11.9. The SMILES string of the molecule is COCCCOCCN(CC(N)=NO)C1CCCC1. The van der Waals surface area contributed by atoms with Crippen molar-refractivity contribution in [2.45, 2.75) is 38.1 Å². The Morgan fingerprint density at radius 2 is 2.05 bits per heavy atom. The summed E-state index contributed by atoms with van der Waals surface area (Å²) in [5.74, 6) is 0.270. The molecule has 6 nitrogen and oxygen atoms in total. The Bertz CT molecular complexity index is 256. The van der Waals surface area contributed by atoms with Crippen LogP contribution < -0.4 is 5.73 Å². The van der Waals surface area contributed by atoms with Crippen LogP contribution >= 0.6 is 0 Å². The summed E-state index contributed by atoms with van der Waals surface area (Å²) >= 11 is 0. The van der Waals surface area contributed by atoms with Crippen molar-refractivity contribution in [3.63, 3.8) is 0 Å². The molecule has 1 fully saturated rings. The number of methoxy groups -OCH3 is 1. The molecule has 0 spiro atoms. The maximum absolute atomic E-state index is 8.69. The fourth-order valence-electron chi connectivity index (χ4n) is 2.49. The molecule has 0 aromatic heterocycles. The molecule has 0 aromatic carbocycles. The lowest BCUT2D eigenvalue weighted by molar-refractivity contribution is 0.0773. The first kappa shape index (κ1) is 16.2. The van der Waals surface area contributed by atoms with Crippen LogP contribution in [0.15, 0.2) is 5.16 Å². The van der Waals surface area contributed by atoms with Crippen LogP contribution in [0.25, 0.3) is 0 Å². The zero-order chi connectivity index (χ0) is 13.9. The molecule has 0 bridgehead atoms. The molecule has 0 atom stereocenters. The van der Waals surface area contributed by atoms with Gasteiger partial charge in [-0.25, -0.2) is 0 Å². The molecular formula is C13H27N3O3. The second-order valence-electron chi connectivity index (χ2n) is 4.96. The summed E-state index contributed by atoms with van der Waals surface area (Å²) in [7, 11) is 1.69.